The molecular formula is C24H34N2O2. The minimum atomic E-state index is -0.0596. The lowest BCUT2D eigenvalue weighted by Crippen LogP contribution is -2.58. The summed E-state index contributed by atoms with van der Waals surface area (Å²) in [6, 6.07) is 9.35. The van der Waals surface area contributed by atoms with Crippen molar-refractivity contribution < 1.29 is 9.53 Å². The fraction of sp³-hybridized carbons (Fsp3) is 0.708. The van der Waals surface area contributed by atoms with Gasteiger partial charge < -0.3 is 9.64 Å². The van der Waals surface area contributed by atoms with Crippen molar-refractivity contribution in [2.24, 2.45) is 11.8 Å². The third-order valence-electron chi connectivity index (χ3n) is 7.99. The first kappa shape index (κ1) is 18.5. The van der Waals surface area contributed by atoms with Crippen LogP contribution < -0.4 is 0 Å². The molecule has 152 valence electrons. The summed E-state index contributed by atoms with van der Waals surface area (Å²) in [6.07, 6.45) is 9.71. The number of carbonyl (C=O) groups is 1. The van der Waals surface area contributed by atoms with Crippen LogP contribution in [-0.4, -0.2) is 47.7 Å². The maximum absolute atomic E-state index is 13.4. The molecule has 2 bridgehead atoms. The Morgan fingerprint density at radius 3 is 2.46 bits per heavy atom. The van der Waals surface area contributed by atoms with Crippen molar-refractivity contribution in [2.75, 3.05) is 19.6 Å². The number of amides is 1. The van der Waals surface area contributed by atoms with Crippen molar-refractivity contribution in [3.8, 4) is 0 Å². The largest absolute Gasteiger partial charge is 0.444 e. The summed E-state index contributed by atoms with van der Waals surface area (Å²) >= 11 is 0. The summed E-state index contributed by atoms with van der Waals surface area (Å²) in [5, 5.41) is 0. The van der Waals surface area contributed by atoms with E-state index in [9.17, 15) is 4.79 Å². The minimum Gasteiger partial charge on any atom is -0.444 e. The van der Waals surface area contributed by atoms with Crippen LogP contribution in [0.5, 0.6) is 0 Å². The van der Waals surface area contributed by atoms with Crippen LogP contribution in [0.15, 0.2) is 24.3 Å². The Kier molecular flexibility index (Phi) is 5.08. The Balaban J connectivity index is 1.38. The van der Waals surface area contributed by atoms with Gasteiger partial charge >= 0.3 is 6.09 Å². The lowest BCUT2D eigenvalue weighted by Gasteiger charge is -2.50. The topological polar surface area (TPSA) is 32.8 Å². The van der Waals surface area contributed by atoms with Gasteiger partial charge in [0.15, 0.2) is 0 Å². The number of fused-ring (bicyclic) bond motifs is 4. The molecule has 3 unspecified atom stereocenters. The van der Waals surface area contributed by atoms with Crippen LogP contribution in [0.4, 0.5) is 4.79 Å². The van der Waals surface area contributed by atoms with E-state index in [1.807, 2.05) is 0 Å². The molecule has 1 amide bonds. The molecule has 1 saturated carbocycles. The zero-order valence-electron chi connectivity index (χ0n) is 17.2. The molecule has 1 aromatic carbocycles. The van der Waals surface area contributed by atoms with Crippen LogP contribution in [0, 0.1) is 11.8 Å². The van der Waals surface area contributed by atoms with Gasteiger partial charge in [-0.15, -0.1) is 0 Å². The molecule has 0 spiro atoms. The van der Waals surface area contributed by atoms with E-state index in [4.69, 9.17) is 4.74 Å². The fourth-order valence-electron chi connectivity index (χ4n) is 6.40. The van der Waals surface area contributed by atoms with Crippen molar-refractivity contribution in [3.63, 3.8) is 0 Å². The normalized spacial score (nSPS) is 35.5. The highest BCUT2D eigenvalue weighted by Gasteiger charge is 2.44. The van der Waals surface area contributed by atoms with Crippen LogP contribution in [0.1, 0.15) is 69.0 Å². The van der Waals surface area contributed by atoms with Gasteiger partial charge in [0.05, 0.1) is 6.04 Å². The van der Waals surface area contributed by atoms with E-state index < -0.39 is 0 Å². The highest BCUT2D eigenvalue weighted by atomic mass is 16.6. The molecular weight excluding hydrogens is 348 g/mol. The molecule has 4 fully saturated rings. The molecule has 6 rings (SSSR count). The van der Waals surface area contributed by atoms with Gasteiger partial charge in [0.25, 0.3) is 0 Å². The summed E-state index contributed by atoms with van der Waals surface area (Å²) in [5.41, 5.74) is 2.80. The first-order chi connectivity index (χ1) is 13.7. The molecule has 0 radical (unpaired) electrons. The Morgan fingerprint density at radius 1 is 0.964 bits per heavy atom. The molecule has 0 aromatic heterocycles. The molecule has 28 heavy (non-hydrogen) atoms. The van der Waals surface area contributed by atoms with Crippen molar-refractivity contribution in [1.29, 1.82) is 0 Å². The number of carbonyl (C=O) groups excluding carboxylic acids is 1. The molecule has 4 heteroatoms. The van der Waals surface area contributed by atoms with Gasteiger partial charge in [-0.2, -0.15) is 0 Å². The highest BCUT2D eigenvalue weighted by molar-refractivity contribution is 5.69. The Hall–Kier alpha value is -1.55. The summed E-state index contributed by atoms with van der Waals surface area (Å²) in [6.45, 7) is 5.38. The average Bonchev–Trinajstić information content (AvgIpc) is 2.76. The molecule has 4 nitrogen and oxygen atoms in total. The van der Waals surface area contributed by atoms with Gasteiger partial charge in [-0.3, -0.25) is 4.90 Å². The number of rotatable bonds is 2. The third kappa shape index (κ3) is 3.24. The van der Waals surface area contributed by atoms with Gasteiger partial charge in [0.2, 0.25) is 0 Å². The van der Waals surface area contributed by atoms with E-state index in [-0.39, 0.29) is 18.2 Å². The summed E-state index contributed by atoms with van der Waals surface area (Å²) in [4.78, 5) is 18.0. The van der Waals surface area contributed by atoms with Crippen LogP contribution in [0.2, 0.25) is 0 Å². The van der Waals surface area contributed by atoms with E-state index in [2.05, 4.69) is 41.0 Å². The van der Waals surface area contributed by atoms with E-state index in [1.54, 1.807) is 0 Å². The second-order valence-corrected chi connectivity index (χ2v) is 9.45. The summed E-state index contributed by atoms with van der Waals surface area (Å²) in [7, 11) is 0. The number of nitrogens with zero attached hydrogens (tertiary/aromatic N) is 2. The molecule has 4 aliphatic heterocycles. The van der Waals surface area contributed by atoms with Crippen LogP contribution in [0.3, 0.4) is 0 Å². The van der Waals surface area contributed by atoms with Gasteiger partial charge in [-0.05, 0) is 75.1 Å². The predicted octanol–water partition coefficient (Wildman–Crippen LogP) is 4.79. The quantitative estimate of drug-likeness (QED) is 0.737. The zero-order chi connectivity index (χ0) is 19.1. The first-order valence-corrected chi connectivity index (χ1v) is 11.5. The monoisotopic (exact) mass is 382 g/mol. The highest BCUT2D eigenvalue weighted by Crippen LogP contribution is 2.43. The SMILES string of the molecule is CC1C(OC(=O)N2CCc3ccccc3C2C2CCCCC2)C2CCN1CC2. The zero-order valence-corrected chi connectivity index (χ0v) is 17.2. The molecule has 1 aromatic rings. The molecule has 0 N–H and O–H groups in total. The third-order valence-corrected chi connectivity index (χ3v) is 7.99. The van der Waals surface area contributed by atoms with Crippen molar-refractivity contribution in [3.05, 3.63) is 35.4 Å². The number of hydrogen-bond acceptors (Lipinski definition) is 3. The number of hydrogen-bond donors (Lipinski definition) is 0. The van der Waals surface area contributed by atoms with Crippen molar-refractivity contribution in [1.82, 2.24) is 9.80 Å². The lowest BCUT2D eigenvalue weighted by molar-refractivity contribution is -0.0831. The minimum absolute atomic E-state index is 0.0596. The second kappa shape index (κ2) is 7.70. The van der Waals surface area contributed by atoms with Gasteiger partial charge in [-0.25, -0.2) is 4.79 Å². The second-order valence-electron chi connectivity index (χ2n) is 9.45. The van der Waals surface area contributed by atoms with E-state index in [1.165, 1.54) is 69.2 Å². The van der Waals surface area contributed by atoms with Crippen molar-refractivity contribution in [2.45, 2.75) is 76.5 Å². The molecule has 3 atom stereocenters. The Morgan fingerprint density at radius 2 is 1.71 bits per heavy atom. The number of piperidine rings is 3. The van der Waals surface area contributed by atoms with E-state index in [0.29, 0.717) is 17.9 Å². The Bertz CT molecular complexity index is 704. The molecule has 5 aliphatic rings. The van der Waals surface area contributed by atoms with E-state index >= 15 is 0 Å². The fourth-order valence-corrected chi connectivity index (χ4v) is 6.40. The lowest BCUT2D eigenvalue weighted by atomic mass is 9.77. The molecule has 3 saturated heterocycles. The number of benzene rings is 1. The predicted molar refractivity (Wildman–Crippen MR) is 110 cm³/mol. The smallest absolute Gasteiger partial charge is 0.410 e. The maximum Gasteiger partial charge on any atom is 0.410 e. The van der Waals surface area contributed by atoms with Gasteiger partial charge in [-0.1, -0.05) is 43.5 Å². The van der Waals surface area contributed by atoms with Crippen LogP contribution in [0.25, 0.3) is 0 Å². The standard InChI is InChI=1S/C24H34N2O2/c1-17-23(20-11-14-25(17)15-12-20)28-24(27)26-16-13-18-7-5-6-10-21(18)22(26)19-8-3-2-4-9-19/h5-7,10,17,19-20,22-23H,2-4,8-9,11-16H2,1H3. The maximum atomic E-state index is 13.4. The van der Waals surface area contributed by atoms with Crippen LogP contribution >= 0.6 is 0 Å². The first-order valence-electron chi connectivity index (χ1n) is 11.5. The van der Waals surface area contributed by atoms with Crippen LogP contribution in [-0.2, 0) is 11.2 Å². The summed E-state index contributed by atoms with van der Waals surface area (Å²) < 4.78 is 6.26. The number of ether oxygens (including phenoxy) is 1. The summed E-state index contributed by atoms with van der Waals surface area (Å²) in [5.74, 6) is 1.13. The van der Waals surface area contributed by atoms with Gasteiger partial charge in [0, 0.05) is 12.6 Å². The molecule has 1 aliphatic carbocycles. The molecule has 4 heterocycles. The van der Waals surface area contributed by atoms with Gasteiger partial charge in [0.1, 0.15) is 6.10 Å². The van der Waals surface area contributed by atoms with Crippen molar-refractivity contribution >= 4 is 6.09 Å². The Labute approximate surface area is 169 Å². The van der Waals surface area contributed by atoms with E-state index in [0.717, 1.165) is 13.0 Å². The average molecular weight is 383 g/mol.